The molecular formula is C28H25N5O3. The van der Waals surface area contributed by atoms with Crippen LogP contribution < -0.4 is 15.4 Å². The summed E-state index contributed by atoms with van der Waals surface area (Å²) in [6.07, 6.45) is 5.15. The number of hydrogen-bond acceptors (Lipinski definition) is 6. The molecule has 5 rings (SSSR count). The molecule has 3 aromatic heterocycles. The SMILES string of the molecule is COc1ccc(C(=O)Nc2cnc(C)c(-c3cccc(-c4ccnc(NC(=O)C5CC5)c4)n3)c2)cc1. The Morgan fingerprint density at radius 3 is 2.47 bits per heavy atom. The molecule has 1 aromatic carbocycles. The molecule has 1 saturated carbocycles. The quantitative estimate of drug-likeness (QED) is 0.381. The van der Waals surface area contributed by atoms with Crippen LogP contribution >= 0.6 is 0 Å². The van der Waals surface area contributed by atoms with Gasteiger partial charge in [-0.25, -0.2) is 9.97 Å². The summed E-state index contributed by atoms with van der Waals surface area (Å²) >= 11 is 0. The third-order valence-electron chi connectivity index (χ3n) is 5.98. The second kappa shape index (κ2) is 9.95. The number of nitrogens with one attached hydrogen (secondary N) is 2. The lowest BCUT2D eigenvalue weighted by Gasteiger charge is -2.11. The first kappa shape index (κ1) is 23.2. The van der Waals surface area contributed by atoms with Crippen molar-refractivity contribution in [3.8, 4) is 28.3 Å². The minimum atomic E-state index is -0.242. The van der Waals surface area contributed by atoms with E-state index in [2.05, 4.69) is 20.6 Å². The Kier molecular flexibility index (Phi) is 6.40. The van der Waals surface area contributed by atoms with Gasteiger partial charge in [0.2, 0.25) is 5.91 Å². The van der Waals surface area contributed by atoms with Crippen LogP contribution in [0.25, 0.3) is 22.5 Å². The molecule has 2 amide bonds. The molecule has 2 N–H and O–H groups in total. The number of carbonyl (C=O) groups excluding carboxylic acids is 2. The number of nitrogens with zero attached hydrogens (tertiary/aromatic N) is 3. The summed E-state index contributed by atoms with van der Waals surface area (Å²) in [6.45, 7) is 1.90. The summed E-state index contributed by atoms with van der Waals surface area (Å²) < 4.78 is 5.15. The van der Waals surface area contributed by atoms with Gasteiger partial charge >= 0.3 is 0 Å². The zero-order valence-electron chi connectivity index (χ0n) is 20.0. The zero-order chi connectivity index (χ0) is 25.1. The molecule has 0 atom stereocenters. The van der Waals surface area contributed by atoms with E-state index in [-0.39, 0.29) is 17.7 Å². The van der Waals surface area contributed by atoms with Gasteiger partial charge in [0.1, 0.15) is 11.6 Å². The standard InChI is InChI=1S/C28H25N5O3/c1-17-23(15-21(16-30-17)31-27(34)19-8-10-22(36-2)11-9-19)25-5-3-4-24(32-25)20-12-13-29-26(14-20)33-28(35)18-6-7-18/h3-5,8-16,18H,6-7H2,1-2H3,(H,31,34)(H,29,33,35). The number of rotatable bonds is 7. The van der Waals surface area contributed by atoms with E-state index in [9.17, 15) is 9.59 Å². The number of aromatic nitrogens is 3. The van der Waals surface area contributed by atoms with Crippen LogP contribution in [0.2, 0.25) is 0 Å². The fourth-order valence-electron chi connectivity index (χ4n) is 3.78. The van der Waals surface area contributed by atoms with Gasteiger partial charge in [-0.05, 0) is 74.4 Å². The predicted octanol–water partition coefficient (Wildman–Crippen LogP) is 5.12. The first-order valence-corrected chi connectivity index (χ1v) is 11.7. The van der Waals surface area contributed by atoms with E-state index in [1.165, 1.54) is 0 Å². The molecule has 0 saturated heterocycles. The zero-order valence-corrected chi connectivity index (χ0v) is 20.0. The van der Waals surface area contributed by atoms with Crippen molar-refractivity contribution < 1.29 is 14.3 Å². The maximum atomic E-state index is 12.7. The van der Waals surface area contributed by atoms with Crippen LogP contribution in [0, 0.1) is 12.8 Å². The molecule has 0 bridgehead atoms. The van der Waals surface area contributed by atoms with Crippen molar-refractivity contribution in [3.63, 3.8) is 0 Å². The van der Waals surface area contributed by atoms with Gasteiger partial charge in [-0.15, -0.1) is 0 Å². The summed E-state index contributed by atoms with van der Waals surface area (Å²) in [5, 5.41) is 5.78. The van der Waals surface area contributed by atoms with Gasteiger partial charge in [-0.3, -0.25) is 14.6 Å². The van der Waals surface area contributed by atoms with Crippen LogP contribution in [-0.2, 0) is 4.79 Å². The Balaban J connectivity index is 1.38. The number of ether oxygens (including phenoxy) is 1. The van der Waals surface area contributed by atoms with Gasteiger partial charge in [0.05, 0.1) is 30.4 Å². The van der Waals surface area contributed by atoms with Gasteiger partial charge in [0.25, 0.3) is 5.91 Å². The topological polar surface area (TPSA) is 106 Å². The van der Waals surface area contributed by atoms with Gasteiger partial charge < -0.3 is 15.4 Å². The second-order valence-corrected chi connectivity index (χ2v) is 8.64. The van der Waals surface area contributed by atoms with Crippen LogP contribution in [0.4, 0.5) is 11.5 Å². The van der Waals surface area contributed by atoms with E-state index >= 15 is 0 Å². The Labute approximate surface area is 208 Å². The average molecular weight is 480 g/mol. The highest BCUT2D eigenvalue weighted by atomic mass is 16.5. The average Bonchev–Trinajstić information content (AvgIpc) is 3.76. The van der Waals surface area contributed by atoms with Gasteiger partial charge in [0.15, 0.2) is 0 Å². The molecule has 0 aliphatic heterocycles. The molecule has 36 heavy (non-hydrogen) atoms. The fraction of sp³-hybridized carbons (Fsp3) is 0.179. The number of methoxy groups -OCH3 is 1. The summed E-state index contributed by atoms with van der Waals surface area (Å²) in [5.74, 6) is 1.07. The summed E-state index contributed by atoms with van der Waals surface area (Å²) in [6, 6.07) is 18.2. The lowest BCUT2D eigenvalue weighted by molar-refractivity contribution is -0.117. The van der Waals surface area contributed by atoms with Crippen LogP contribution in [0.1, 0.15) is 28.9 Å². The number of benzene rings is 1. The lowest BCUT2D eigenvalue weighted by Crippen LogP contribution is -2.14. The molecule has 4 aromatic rings. The molecule has 8 heteroatoms. The third-order valence-corrected chi connectivity index (χ3v) is 5.98. The molecule has 0 unspecified atom stereocenters. The molecule has 3 heterocycles. The largest absolute Gasteiger partial charge is 0.497 e. The molecule has 180 valence electrons. The van der Waals surface area contributed by atoms with Gasteiger partial charge in [-0.1, -0.05) is 6.07 Å². The molecule has 1 aliphatic rings. The van der Waals surface area contributed by atoms with Gasteiger partial charge in [0, 0.05) is 34.5 Å². The van der Waals surface area contributed by atoms with Crippen molar-refractivity contribution in [2.75, 3.05) is 17.7 Å². The number of pyridine rings is 3. The highest BCUT2D eigenvalue weighted by Crippen LogP contribution is 2.31. The highest BCUT2D eigenvalue weighted by Gasteiger charge is 2.29. The van der Waals surface area contributed by atoms with Crippen molar-refractivity contribution in [1.29, 1.82) is 0 Å². The number of amides is 2. The van der Waals surface area contributed by atoms with Crippen molar-refractivity contribution in [3.05, 3.63) is 84.3 Å². The van der Waals surface area contributed by atoms with Crippen LogP contribution in [-0.4, -0.2) is 33.9 Å². The van der Waals surface area contributed by atoms with Crippen molar-refractivity contribution >= 4 is 23.3 Å². The van der Waals surface area contributed by atoms with Crippen LogP contribution in [0.5, 0.6) is 5.75 Å². The van der Waals surface area contributed by atoms with E-state index in [0.717, 1.165) is 41.1 Å². The molecule has 0 spiro atoms. The minimum Gasteiger partial charge on any atom is -0.497 e. The maximum absolute atomic E-state index is 12.7. The minimum absolute atomic E-state index is 0.0107. The molecule has 8 nitrogen and oxygen atoms in total. The highest BCUT2D eigenvalue weighted by molar-refractivity contribution is 6.04. The van der Waals surface area contributed by atoms with E-state index in [1.54, 1.807) is 43.8 Å². The summed E-state index contributed by atoms with van der Waals surface area (Å²) in [4.78, 5) is 38.4. The van der Waals surface area contributed by atoms with Crippen molar-refractivity contribution in [1.82, 2.24) is 15.0 Å². The van der Waals surface area contributed by atoms with E-state index in [4.69, 9.17) is 9.72 Å². The molecule has 1 fully saturated rings. The number of aryl methyl sites for hydroxylation is 1. The monoisotopic (exact) mass is 479 g/mol. The number of carbonyl (C=O) groups is 2. The van der Waals surface area contributed by atoms with Crippen molar-refractivity contribution in [2.24, 2.45) is 5.92 Å². The Morgan fingerprint density at radius 2 is 1.72 bits per heavy atom. The maximum Gasteiger partial charge on any atom is 0.255 e. The fourth-order valence-corrected chi connectivity index (χ4v) is 3.78. The molecule has 0 radical (unpaired) electrons. The second-order valence-electron chi connectivity index (χ2n) is 8.64. The third kappa shape index (κ3) is 5.22. The predicted molar refractivity (Wildman–Crippen MR) is 138 cm³/mol. The Morgan fingerprint density at radius 1 is 0.944 bits per heavy atom. The van der Waals surface area contributed by atoms with Crippen LogP contribution in [0.3, 0.4) is 0 Å². The first-order chi connectivity index (χ1) is 17.5. The Bertz CT molecular complexity index is 1430. The van der Waals surface area contributed by atoms with Gasteiger partial charge in [-0.2, -0.15) is 0 Å². The number of anilines is 2. The Hall–Kier alpha value is -4.59. The van der Waals surface area contributed by atoms with E-state index in [0.29, 0.717) is 22.8 Å². The first-order valence-electron chi connectivity index (χ1n) is 11.7. The van der Waals surface area contributed by atoms with Crippen LogP contribution in [0.15, 0.2) is 73.1 Å². The van der Waals surface area contributed by atoms with E-state index < -0.39 is 0 Å². The van der Waals surface area contributed by atoms with E-state index in [1.807, 2.05) is 43.3 Å². The molecule has 1 aliphatic carbocycles. The van der Waals surface area contributed by atoms with Crippen molar-refractivity contribution in [2.45, 2.75) is 19.8 Å². The number of hydrogen-bond donors (Lipinski definition) is 2. The summed E-state index contributed by atoms with van der Waals surface area (Å²) in [7, 11) is 1.58. The molecular weight excluding hydrogens is 454 g/mol. The smallest absolute Gasteiger partial charge is 0.255 e. The normalized spacial score (nSPS) is 12.6. The lowest BCUT2D eigenvalue weighted by atomic mass is 10.1. The summed E-state index contributed by atoms with van der Waals surface area (Å²) in [5.41, 5.74) is 4.97.